The standard InChI is InChI=1S/C23H27FN4O3/c1-2-21(29)26-19-9-4-10-20(13-19)27-23(31)28-11-5-7-17(15-28)22(30)25-14-16-6-3-8-18(24)12-16/h3-4,6,8-10,12-13,17H,2,5,7,11,14-15H2,1H3,(H,25,30)(H,26,29)(H,27,31). The van der Waals surface area contributed by atoms with E-state index in [2.05, 4.69) is 16.0 Å². The first kappa shape index (κ1) is 22.3. The predicted molar refractivity (Wildman–Crippen MR) is 117 cm³/mol. The molecule has 1 fully saturated rings. The van der Waals surface area contributed by atoms with Gasteiger partial charge in [-0.2, -0.15) is 0 Å². The SMILES string of the molecule is CCC(=O)Nc1cccc(NC(=O)N2CCCC(C(=O)NCc3cccc(F)c3)C2)c1. The van der Waals surface area contributed by atoms with Gasteiger partial charge in [0, 0.05) is 37.4 Å². The first-order valence-electron chi connectivity index (χ1n) is 10.4. The average Bonchev–Trinajstić information content (AvgIpc) is 2.77. The Kier molecular flexibility index (Phi) is 7.59. The molecule has 0 radical (unpaired) electrons. The summed E-state index contributed by atoms with van der Waals surface area (Å²) in [6.07, 6.45) is 1.78. The van der Waals surface area contributed by atoms with Crippen molar-refractivity contribution in [2.24, 2.45) is 5.92 Å². The van der Waals surface area contributed by atoms with Gasteiger partial charge in [0.15, 0.2) is 0 Å². The number of urea groups is 1. The highest BCUT2D eigenvalue weighted by Crippen LogP contribution is 2.20. The number of carbonyl (C=O) groups excluding carboxylic acids is 3. The summed E-state index contributed by atoms with van der Waals surface area (Å²) in [5.74, 6) is -0.911. The third-order valence-corrected chi connectivity index (χ3v) is 5.15. The zero-order chi connectivity index (χ0) is 22.2. The highest BCUT2D eigenvalue weighted by Gasteiger charge is 2.28. The molecule has 1 aliphatic heterocycles. The van der Waals surface area contributed by atoms with Crippen molar-refractivity contribution in [3.63, 3.8) is 0 Å². The molecular formula is C23H27FN4O3. The molecular weight excluding hydrogens is 399 g/mol. The van der Waals surface area contributed by atoms with Crippen LogP contribution in [0.1, 0.15) is 31.7 Å². The molecule has 7 nitrogen and oxygen atoms in total. The lowest BCUT2D eigenvalue weighted by Gasteiger charge is -2.32. The average molecular weight is 426 g/mol. The van der Waals surface area contributed by atoms with E-state index in [0.717, 1.165) is 6.42 Å². The molecule has 2 aromatic carbocycles. The summed E-state index contributed by atoms with van der Waals surface area (Å²) in [5, 5.41) is 8.42. The van der Waals surface area contributed by atoms with Crippen molar-refractivity contribution in [2.75, 3.05) is 23.7 Å². The van der Waals surface area contributed by atoms with Gasteiger partial charge in [0.2, 0.25) is 11.8 Å². The monoisotopic (exact) mass is 426 g/mol. The van der Waals surface area contributed by atoms with Crippen LogP contribution in [0.4, 0.5) is 20.6 Å². The number of benzene rings is 2. The van der Waals surface area contributed by atoms with Crippen LogP contribution in [-0.4, -0.2) is 35.8 Å². The van der Waals surface area contributed by atoms with E-state index >= 15 is 0 Å². The van der Waals surface area contributed by atoms with Crippen molar-refractivity contribution in [2.45, 2.75) is 32.7 Å². The van der Waals surface area contributed by atoms with E-state index in [4.69, 9.17) is 0 Å². The number of likely N-dealkylation sites (tertiary alicyclic amines) is 1. The summed E-state index contributed by atoms with van der Waals surface area (Å²) < 4.78 is 13.3. The Morgan fingerprint density at radius 1 is 1.06 bits per heavy atom. The highest BCUT2D eigenvalue weighted by atomic mass is 19.1. The molecule has 31 heavy (non-hydrogen) atoms. The zero-order valence-electron chi connectivity index (χ0n) is 17.5. The molecule has 0 saturated carbocycles. The fourth-order valence-electron chi connectivity index (χ4n) is 3.48. The lowest BCUT2D eigenvalue weighted by atomic mass is 9.97. The van der Waals surface area contributed by atoms with Crippen LogP contribution in [0.5, 0.6) is 0 Å². The Hall–Kier alpha value is -3.42. The van der Waals surface area contributed by atoms with Gasteiger partial charge in [0.05, 0.1) is 5.92 Å². The molecule has 3 rings (SSSR count). The minimum Gasteiger partial charge on any atom is -0.352 e. The fraction of sp³-hybridized carbons (Fsp3) is 0.348. The Morgan fingerprint density at radius 2 is 1.81 bits per heavy atom. The van der Waals surface area contributed by atoms with Crippen molar-refractivity contribution in [1.82, 2.24) is 10.2 Å². The molecule has 0 bridgehead atoms. The van der Waals surface area contributed by atoms with Crippen LogP contribution < -0.4 is 16.0 Å². The number of nitrogens with one attached hydrogen (secondary N) is 3. The van der Waals surface area contributed by atoms with Gasteiger partial charge in [-0.25, -0.2) is 9.18 Å². The van der Waals surface area contributed by atoms with Crippen molar-refractivity contribution >= 4 is 29.2 Å². The summed E-state index contributed by atoms with van der Waals surface area (Å²) in [6, 6.07) is 12.7. The van der Waals surface area contributed by atoms with Crippen molar-refractivity contribution in [3.8, 4) is 0 Å². The van der Waals surface area contributed by atoms with Crippen LogP contribution in [-0.2, 0) is 16.1 Å². The lowest BCUT2D eigenvalue weighted by molar-refractivity contribution is -0.126. The summed E-state index contributed by atoms with van der Waals surface area (Å²) >= 11 is 0. The Bertz CT molecular complexity index is 950. The summed E-state index contributed by atoms with van der Waals surface area (Å²) in [7, 11) is 0. The molecule has 8 heteroatoms. The van der Waals surface area contributed by atoms with Gasteiger partial charge in [-0.15, -0.1) is 0 Å². The van der Waals surface area contributed by atoms with Gasteiger partial charge in [-0.1, -0.05) is 25.1 Å². The van der Waals surface area contributed by atoms with Crippen LogP contribution in [0.25, 0.3) is 0 Å². The summed E-state index contributed by atoms with van der Waals surface area (Å²) in [4.78, 5) is 38.4. The Morgan fingerprint density at radius 3 is 2.55 bits per heavy atom. The van der Waals surface area contributed by atoms with Crippen LogP contribution in [0.15, 0.2) is 48.5 Å². The molecule has 164 valence electrons. The summed E-state index contributed by atoms with van der Waals surface area (Å²) in [5.41, 5.74) is 1.86. The smallest absolute Gasteiger partial charge is 0.321 e. The molecule has 1 heterocycles. The number of nitrogens with zero attached hydrogens (tertiary/aromatic N) is 1. The van der Waals surface area contributed by atoms with E-state index in [-0.39, 0.29) is 36.1 Å². The molecule has 1 atom stereocenters. The summed E-state index contributed by atoms with van der Waals surface area (Å²) in [6.45, 7) is 2.89. The number of hydrogen-bond donors (Lipinski definition) is 3. The van der Waals surface area contributed by atoms with Gasteiger partial charge >= 0.3 is 6.03 Å². The second-order valence-electron chi connectivity index (χ2n) is 7.55. The molecule has 2 aromatic rings. The molecule has 1 aliphatic rings. The number of amides is 4. The molecule has 0 aliphatic carbocycles. The number of piperidine rings is 1. The second kappa shape index (κ2) is 10.6. The molecule has 4 amide bonds. The topological polar surface area (TPSA) is 90.5 Å². The normalized spacial score (nSPS) is 15.8. The van der Waals surface area contributed by atoms with E-state index in [1.54, 1.807) is 48.2 Å². The molecule has 1 saturated heterocycles. The highest BCUT2D eigenvalue weighted by molar-refractivity contribution is 5.93. The van der Waals surface area contributed by atoms with E-state index in [0.29, 0.717) is 42.9 Å². The Balaban J connectivity index is 1.53. The zero-order valence-corrected chi connectivity index (χ0v) is 17.5. The molecule has 0 aromatic heterocycles. The molecule has 1 unspecified atom stereocenters. The number of halogens is 1. The largest absolute Gasteiger partial charge is 0.352 e. The second-order valence-corrected chi connectivity index (χ2v) is 7.55. The maximum atomic E-state index is 13.3. The van der Waals surface area contributed by atoms with Crippen LogP contribution in [0.2, 0.25) is 0 Å². The van der Waals surface area contributed by atoms with E-state index < -0.39 is 0 Å². The van der Waals surface area contributed by atoms with Crippen molar-refractivity contribution in [1.29, 1.82) is 0 Å². The number of rotatable bonds is 6. The minimum absolute atomic E-state index is 0.105. The first-order chi connectivity index (χ1) is 14.9. The third-order valence-electron chi connectivity index (χ3n) is 5.15. The van der Waals surface area contributed by atoms with Crippen LogP contribution in [0, 0.1) is 11.7 Å². The van der Waals surface area contributed by atoms with Crippen molar-refractivity contribution < 1.29 is 18.8 Å². The molecule has 3 N–H and O–H groups in total. The predicted octanol–water partition coefficient (Wildman–Crippen LogP) is 3.73. The van der Waals surface area contributed by atoms with Gasteiger partial charge < -0.3 is 20.9 Å². The van der Waals surface area contributed by atoms with Gasteiger partial charge in [0.1, 0.15) is 5.82 Å². The van der Waals surface area contributed by atoms with E-state index in [1.165, 1.54) is 12.1 Å². The maximum absolute atomic E-state index is 13.3. The van der Waals surface area contributed by atoms with Crippen LogP contribution >= 0.6 is 0 Å². The number of hydrogen-bond acceptors (Lipinski definition) is 3. The minimum atomic E-state index is -0.342. The lowest BCUT2D eigenvalue weighted by Crippen LogP contribution is -2.46. The van der Waals surface area contributed by atoms with Crippen LogP contribution in [0.3, 0.4) is 0 Å². The Labute approximate surface area is 181 Å². The quantitative estimate of drug-likeness (QED) is 0.657. The number of carbonyl (C=O) groups is 3. The van der Waals surface area contributed by atoms with Gasteiger partial charge in [-0.3, -0.25) is 9.59 Å². The van der Waals surface area contributed by atoms with E-state index in [9.17, 15) is 18.8 Å². The van der Waals surface area contributed by atoms with Gasteiger partial charge in [-0.05, 0) is 48.7 Å². The number of anilines is 2. The first-order valence-corrected chi connectivity index (χ1v) is 10.4. The molecule has 0 spiro atoms. The van der Waals surface area contributed by atoms with E-state index in [1.807, 2.05) is 0 Å². The van der Waals surface area contributed by atoms with Gasteiger partial charge in [0.25, 0.3) is 0 Å². The van der Waals surface area contributed by atoms with Crippen molar-refractivity contribution in [3.05, 3.63) is 59.9 Å². The third kappa shape index (κ3) is 6.53. The fourth-order valence-corrected chi connectivity index (χ4v) is 3.48. The maximum Gasteiger partial charge on any atom is 0.321 e.